The third-order valence-electron chi connectivity index (χ3n) is 2.87. The third kappa shape index (κ3) is 1.64. The van der Waals surface area contributed by atoms with Gasteiger partial charge in [-0.1, -0.05) is 13.8 Å². The van der Waals surface area contributed by atoms with E-state index in [-0.39, 0.29) is 0 Å². The van der Waals surface area contributed by atoms with Crippen molar-refractivity contribution in [1.29, 1.82) is 0 Å². The maximum atomic E-state index is 5.23. The summed E-state index contributed by atoms with van der Waals surface area (Å²) < 4.78 is 5.23. The Bertz CT molecular complexity index is 133. The predicted octanol–water partition coefficient (Wildman–Crippen LogP) is 1.75. The predicted molar refractivity (Wildman–Crippen MR) is 51.3 cm³/mol. The quantitative estimate of drug-likeness (QED) is 0.596. The Morgan fingerprint density at radius 3 is 2.08 bits per heavy atom. The van der Waals surface area contributed by atoms with Crippen molar-refractivity contribution in [3.05, 3.63) is 0 Å². The molecule has 0 radical (unpaired) electrons. The van der Waals surface area contributed by atoms with Gasteiger partial charge in [-0.05, 0) is 19.9 Å². The average Bonchev–Trinajstić information content (AvgIpc) is 1.98. The lowest BCUT2D eigenvalue weighted by atomic mass is 9.62. The molecule has 0 aromatic heterocycles. The van der Waals surface area contributed by atoms with Crippen LogP contribution in [-0.2, 0) is 4.74 Å². The number of nitrogens with zero attached hydrogens (tertiary/aromatic N) is 1. The highest BCUT2D eigenvalue weighted by Gasteiger charge is 2.51. The van der Waals surface area contributed by atoms with Crippen LogP contribution in [0.4, 0.5) is 0 Å². The molecule has 2 nitrogen and oxygen atoms in total. The molecule has 0 atom stereocenters. The van der Waals surface area contributed by atoms with Crippen LogP contribution in [-0.4, -0.2) is 38.3 Å². The molecule has 1 saturated heterocycles. The Morgan fingerprint density at radius 1 is 1.25 bits per heavy atom. The zero-order valence-corrected chi connectivity index (χ0v) is 8.76. The Morgan fingerprint density at radius 2 is 1.75 bits per heavy atom. The van der Waals surface area contributed by atoms with Crippen LogP contribution in [0.2, 0.25) is 0 Å². The van der Waals surface area contributed by atoms with Crippen molar-refractivity contribution in [2.45, 2.75) is 32.8 Å². The number of hydrogen-bond acceptors (Lipinski definition) is 2. The van der Waals surface area contributed by atoms with Gasteiger partial charge in [0.15, 0.2) is 0 Å². The van der Waals surface area contributed by atoms with Gasteiger partial charge in [0.25, 0.3) is 0 Å². The first kappa shape index (κ1) is 10.0. The molecule has 1 aliphatic heterocycles. The summed E-state index contributed by atoms with van der Waals surface area (Å²) in [5.41, 5.74) is 0.690. The van der Waals surface area contributed by atoms with Crippen molar-refractivity contribution < 1.29 is 4.74 Å². The fraction of sp³-hybridized carbons (Fsp3) is 1.00. The van der Waals surface area contributed by atoms with Crippen LogP contribution in [0.5, 0.6) is 0 Å². The molecule has 1 saturated carbocycles. The van der Waals surface area contributed by atoms with E-state index in [4.69, 9.17) is 4.74 Å². The molecule has 1 aliphatic carbocycles. The van der Waals surface area contributed by atoms with Crippen LogP contribution >= 0.6 is 0 Å². The highest BCUT2D eigenvalue weighted by atomic mass is 16.5. The Labute approximate surface area is 75.9 Å². The number of ether oxygens (including phenoxy) is 1. The summed E-state index contributed by atoms with van der Waals surface area (Å²) in [6, 6.07) is 0. The normalized spacial score (nSPS) is 27.0. The van der Waals surface area contributed by atoms with Gasteiger partial charge in [0.1, 0.15) is 0 Å². The molecule has 0 bridgehead atoms. The second-order valence-electron chi connectivity index (χ2n) is 3.94. The number of hydrogen-bond donors (Lipinski definition) is 0. The third-order valence-corrected chi connectivity index (χ3v) is 2.87. The van der Waals surface area contributed by atoms with Crippen molar-refractivity contribution >= 4 is 0 Å². The molecule has 0 unspecified atom stereocenters. The lowest BCUT2D eigenvalue weighted by molar-refractivity contribution is -0.132. The van der Waals surface area contributed by atoms with Crippen molar-refractivity contribution in [2.24, 2.45) is 5.41 Å². The highest BCUT2D eigenvalue weighted by molar-refractivity contribution is 5.03. The first-order chi connectivity index (χ1) is 5.74. The second-order valence-corrected chi connectivity index (χ2v) is 3.94. The molecular weight excluding hydrogens is 150 g/mol. The molecule has 0 amide bonds. The van der Waals surface area contributed by atoms with E-state index in [9.17, 15) is 0 Å². The van der Waals surface area contributed by atoms with Gasteiger partial charge in [0.2, 0.25) is 0 Å². The first-order valence-corrected chi connectivity index (χ1v) is 4.95. The number of likely N-dealkylation sites (tertiary alicyclic amines) is 1. The smallest absolute Gasteiger partial charge is 0.0583 e. The van der Waals surface area contributed by atoms with Gasteiger partial charge in [-0.2, -0.15) is 0 Å². The molecule has 2 heteroatoms. The van der Waals surface area contributed by atoms with E-state index in [1.165, 1.54) is 25.9 Å². The molecular formula is C10H21NO. The van der Waals surface area contributed by atoms with Crippen LogP contribution in [0.3, 0.4) is 0 Å². The molecule has 1 spiro atoms. The molecule has 1 heterocycles. The maximum Gasteiger partial charge on any atom is 0.0583 e. The Kier molecular flexibility index (Phi) is 3.13. The lowest BCUT2D eigenvalue weighted by Crippen LogP contribution is -2.62. The van der Waals surface area contributed by atoms with Gasteiger partial charge in [0.05, 0.1) is 6.10 Å². The van der Waals surface area contributed by atoms with Gasteiger partial charge >= 0.3 is 0 Å². The minimum Gasteiger partial charge on any atom is -0.381 e. The molecule has 2 fully saturated rings. The van der Waals surface area contributed by atoms with Crippen LogP contribution < -0.4 is 0 Å². The standard InChI is InChI=1S/C8H15NO.C2H6/c1-9-5-8(6-9)3-7(4-8)10-2;1-2/h7H,3-6H2,1-2H3;1-2H3. The summed E-state index contributed by atoms with van der Waals surface area (Å²) in [6.45, 7) is 6.60. The second kappa shape index (κ2) is 3.75. The zero-order chi connectivity index (χ0) is 9.19. The van der Waals surface area contributed by atoms with Gasteiger partial charge in [-0.25, -0.2) is 0 Å². The Balaban J connectivity index is 0.000000336. The summed E-state index contributed by atoms with van der Waals surface area (Å²) in [5, 5.41) is 0. The fourth-order valence-corrected chi connectivity index (χ4v) is 2.43. The Hall–Kier alpha value is -0.0800. The van der Waals surface area contributed by atoms with Crippen molar-refractivity contribution in [1.82, 2.24) is 4.90 Å². The van der Waals surface area contributed by atoms with E-state index >= 15 is 0 Å². The van der Waals surface area contributed by atoms with E-state index in [0.717, 1.165) is 0 Å². The zero-order valence-electron chi connectivity index (χ0n) is 8.76. The summed E-state index contributed by atoms with van der Waals surface area (Å²) >= 11 is 0. The van der Waals surface area contributed by atoms with E-state index in [0.29, 0.717) is 11.5 Å². The monoisotopic (exact) mass is 171 g/mol. The lowest BCUT2D eigenvalue weighted by Gasteiger charge is -2.57. The van der Waals surface area contributed by atoms with Crippen molar-refractivity contribution in [2.75, 3.05) is 27.2 Å². The van der Waals surface area contributed by atoms with Crippen LogP contribution in [0.25, 0.3) is 0 Å². The van der Waals surface area contributed by atoms with Crippen LogP contribution in [0, 0.1) is 5.41 Å². The summed E-state index contributed by atoms with van der Waals surface area (Å²) in [7, 11) is 4.01. The van der Waals surface area contributed by atoms with E-state index in [1.54, 1.807) is 0 Å². The summed E-state index contributed by atoms with van der Waals surface area (Å²) in [6.07, 6.45) is 3.18. The SMILES string of the molecule is CC.COC1CC2(C1)CN(C)C2. The molecule has 2 rings (SSSR count). The number of rotatable bonds is 1. The largest absolute Gasteiger partial charge is 0.381 e. The average molecular weight is 171 g/mol. The molecule has 0 N–H and O–H groups in total. The van der Waals surface area contributed by atoms with Crippen LogP contribution in [0.1, 0.15) is 26.7 Å². The maximum absolute atomic E-state index is 5.23. The fourth-order valence-electron chi connectivity index (χ4n) is 2.43. The molecule has 0 aromatic rings. The van der Waals surface area contributed by atoms with Gasteiger partial charge in [-0.3, -0.25) is 0 Å². The van der Waals surface area contributed by atoms with Crippen molar-refractivity contribution in [3.63, 3.8) is 0 Å². The summed E-state index contributed by atoms with van der Waals surface area (Å²) in [4.78, 5) is 2.38. The van der Waals surface area contributed by atoms with E-state index in [2.05, 4.69) is 11.9 Å². The molecule has 0 aromatic carbocycles. The topological polar surface area (TPSA) is 12.5 Å². The summed E-state index contributed by atoms with van der Waals surface area (Å²) in [5.74, 6) is 0. The van der Waals surface area contributed by atoms with Gasteiger partial charge in [-0.15, -0.1) is 0 Å². The first-order valence-electron chi connectivity index (χ1n) is 4.95. The highest BCUT2D eigenvalue weighted by Crippen LogP contribution is 2.48. The molecule has 72 valence electrons. The number of methoxy groups -OCH3 is 1. The van der Waals surface area contributed by atoms with Crippen molar-refractivity contribution in [3.8, 4) is 0 Å². The van der Waals surface area contributed by atoms with E-state index in [1.807, 2.05) is 21.0 Å². The van der Waals surface area contributed by atoms with Crippen LogP contribution in [0.15, 0.2) is 0 Å². The molecule has 12 heavy (non-hydrogen) atoms. The van der Waals surface area contributed by atoms with E-state index < -0.39 is 0 Å². The molecule has 2 aliphatic rings. The minimum atomic E-state index is 0.578. The van der Waals surface area contributed by atoms with Gasteiger partial charge < -0.3 is 9.64 Å². The van der Waals surface area contributed by atoms with Gasteiger partial charge in [0, 0.05) is 25.6 Å². The minimum absolute atomic E-state index is 0.578.